The first-order valence-electron chi connectivity index (χ1n) is 8.59. The third-order valence-electron chi connectivity index (χ3n) is 4.42. The minimum Gasteiger partial charge on any atom is -0.332 e. The summed E-state index contributed by atoms with van der Waals surface area (Å²) in [4.78, 5) is 40.6. The molecule has 2 aromatic rings. The summed E-state index contributed by atoms with van der Waals surface area (Å²) in [6.07, 6.45) is 0.187. The lowest BCUT2D eigenvalue weighted by Gasteiger charge is -2.29. The summed E-state index contributed by atoms with van der Waals surface area (Å²) in [7, 11) is 1.57. The van der Waals surface area contributed by atoms with E-state index in [1.54, 1.807) is 54.4 Å². The van der Waals surface area contributed by atoms with Crippen molar-refractivity contribution >= 4 is 40.7 Å². The minimum atomic E-state index is -0.323. The van der Waals surface area contributed by atoms with Crippen LogP contribution in [0.25, 0.3) is 0 Å². The standard InChI is InChI=1S/C20H20ClN3O3/c1-13-10-18(25)22-16-8-3-4-9-17(16)24(13)19(26)12-23(2)20(27)14-6-5-7-15(21)11-14/h3-9,11,13H,10,12H2,1-2H3,(H,22,25). The normalized spacial score (nSPS) is 16.2. The van der Waals surface area contributed by atoms with Gasteiger partial charge in [0.2, 0.25) is 11.8 Å². The fraction of sp³-hybridized carbons (Fsp3) is 0.250. The molecule has 7 heteroatoms. The Morgan fingerprint density at radius 3 is 2.70 bits per heavy atom. The van der Waals surface area contributed by atoms with Crippen LogP contribution in [0.1, 0.15) is 23.7 Å². The zero-order valence-corrected chi connectivity index (χ0v) is 15.9. The largest absolute Gasteiger partial charge is 0.332 e. The van der Waals surface area contributed by atoms with Crippen LogP contribution < -0.4 is 10.2 Å². The summed E-state index contributed by atoms with van der Waals surface area (Å²) in [5, 5.41) is 3.28. The van der Waals surface area contributed by atoms with E-state index in [-0.39, 0.29) is 36.7 Å². The molecular formula is C20H20ClN3O3. The average Bonchev–Trinajstić information content (AvgIpc) is 2.75. The van der Waals surface area contributed by atoms with Crippen molar-refractivity contribution in [3.05, 3.63) is 59.1 Å². The van der Waals surface area contributed by atoms with Crippen molar-refractivity contribution in [2.24, 2.45) is 0 Å². The molecule has 1 N–H and O–H groups in total. The van der Waals surface area contributed by atoms with Gasteiger partial charge in [-0.2, -0.15) is 0 Å². The number of benzene rings is 2. The molecule has 1 unspecified atom stereocenters. The molecule has 0 aliphatic carbocycles. The van der Waals surface area contributed by atoms with Gasteiger partial charge in [0.1, 0.15) is 6.54 Å². The van der Waals surface area contributed by atoms with Gasteiger partial charge in [0.25, 0.3) is 5.91 Å². The van der Waals surface area contributed by atoms with Gasteiger partial charge in [0.15, 0.2) is 0 Å². The predicted molar refractivity (Wildman–Crippen MR) is 105 cm³/mol. The molecule has 0 bridgehead atoms. The Balaban J connectivity index is 1.82. The van der Waals surface area contributed by atoms with E-state index in [1.807, 2.05) is 13.0 Å². The maximum absolute atomic E-state index is 13.0. The maximum atomic E-state index is 13.0. The smallest absolute Gasteiger partial charge is 0.254 e. The van der Waals surface area contributed by atoms with Crippen molar-refractivity contribution in [3.63, 3.8) is 0 Å². The number of anilines is 2. The summed E-state index contributed by atoms with van der Waals surface area (Å²) >= 11 is 5.94. The fourth-order valence-corrected chi connectivity index (χ4v) is 3.35. The second kappa shape index (κ2) is 7.80. The first-order valence-corrected chi connectivity index (χ1v) is 8.96. The van der Waals surface area contributed by atoms with Crippen molar-refractivity contribution in [2.75, 3.05) is 23.8 Å². The molecule has 0 spiro atoms. The number of hydrogen-bond donors (Lipinski definition) is 1. The lowest BCUT2D eigenvalue weighted by atomic mass is 10.1. The Hall–Kier alpha value is -2.86. The lowest BCUT2D eigenvalue weighted by molar-refractivity contribution is -0.119. The summed E-state index contributed by atoms with van der Waals surface area (Å²) in [5.74, 6) is -0.700. The number of nitrogens with zero attached hydrogens (tertiary/aromatic N) is 2. The SMILES string of the molecule is CC1CC(=O)Nc2ccccc2N1C(=O)CN(C)C(=O)c1cccc(Cl)c1. The molecule has 0 fully saturated rings. The number of carbonyl (C=O) groups excluding carboxylic acids is 3. The third kappa shape index (κ3) is 4.11. The predicted octanol–water partition coefficient (Wildman–Crippen LogP) is 3.18. The molecular weight excluding hydrogens is 366 g/mol. The van der Waals surface area contributed by atoms with Crippen LogP contribution in [0.5, 0.6) is 0 Å². The average molecular weight is 386 g/mol. The molecule has 1 aliphatic rings. The number of nitrogens with one attached hydrogen (secondary N) is 1. The number of carbonyl (C=O) groups is 3. The zero-order valence-electron chi connectivity index (χ0n) is 15.1. The van der Waals surface area contributed by atoms with Crippen molar-refractivity contribution in [1.82, 2.24) is 4.90 Å². The first-order chi connectivity index (χ1) is 12.9. The van der Waals surface area contributed by atoms with Gasteiger partial charge in [-0.25, -0.2) is 0 Å². The Morgan fingerprint density at radius 1 is 1.22 bits per heavy atom. The van der Waals surface area contributed by atoms with E-state index in [4.69, 9.17) is 11.6 Å². The van der Waals surface area contributed by atoms with Crippen LogP contribution in [-0.4, -0.2) is 42.3 Å². The van der Waals surface area contributed by atoms with E-state index >= 15 is 0 Å². The van der Waals surface area contributed by atoms with E-state index < -0.39 is 0 Å². The van der Waals surface area contributed by atoms with Crippen LogP contribution in [0.3, 0.4) is 0 Å². The molecule has 27 heavy (non-hydrogen) atoms. The number of hydrogen-bond acceptors (Lipinski definition) is 3. The van der Waals surface area contributed by atoms with E-state index in [1.165, 1.54) is 4.90 Å². The molecule has 3 rings (SSSR count). The first kappa shape index (κ1) is 18.9. The van der Waals surface area contributed by atoms with E-state index in [0.29, 0.717) is 22.0 Å². The molecule has 0 aromatic heterocycles. The quantitative estimate of drug-likeness (QED) is 0.882. The summed E-state index contributed by atoms with van der Waals surface area (Å²) in [6.45, 7) is 1.70. The fourth-order valence-electron chi connectivity index (χ4n) is 3.16. The van der Waals surface area contributed by atoms with Crippen molar-refractivity contribution in [2.45, 2.75) is 19.4 Å². The Labute approximate surface area is 162 Å². The highest BCUT2D eigenvalue weighted by atomic mass is 35.5. The molecule has 1 heterocycles. The second-order valence-electron chi connectivity index (χ2n) is 6.55. The molecule has 0 saturated carbocycles. The van der Waals surface area contributed by atoms with Gasteiger partial charge in [-0.3, -0.25) is 14.4 Å². The van der Waals surface area contributed by atoms with Gasteiger partial charge < -0.3 is 15.1 Å². The molecule has 140 valence electrons. The Morgan fingerprint density at radius 2 is 1.96 bits per heavy atom. The topological polar surface area (TPSA) is 69.7 Å². The van der Waals surface area contributed by atoms with Crippen LogP contribution in [0.2, 0.25) is 5.02 Å². The van der Waals surface area contributed by atoms with Crippen molar-refractivity contribution in [1.29, 1.82) is 0 Å². The second-order valence-corrected chi connectivity index (χ2v) is 6.99. The number of rotatable bonds is 3. The number of fused-ring (bicyclic) bond motifs is 1. The van der Waals surface area contributed by atoms with Gasteiger partial charge in [-0.05, 0) is 37.3 Å². The van der Waals surface area contributed by atoms with Gasteiger partial charge in [0, 0.05) is 30.1 Å². The zero-order chi connectivity index (χ0) is 19.6. The van der Waals surface area contributed by atoms with Crippen molar-refractivity contribution < 1.29 is 14.4 Å². The van der Waals surface area contributed by atoms with Crippen molar-refractivity contribution in [3.8, 4) is 0 Å². The van der Waals surface area contributed by atoms with Gasteiger partial charge >= 0.3 is 0 Å². The van der Waals surface area contributed by atoms with Crippen LogP contribution in [0, 0.1) is 0 Å². The summed E-state index contributed by atoms with van der Waals surface area (Å²) in [5.41, 5.74) is 1.63. The molecule has 0 radical (unpaired) electrons. The molecule has 2 aromatic carbocycles. The minimum absolute atomic E-state index is 0.113. The van der Waals surface area contributed by atoms with E-state index in [2.05, 4.69) is 5.32 Å². The summed E-state index contributed by atoms with van der Waals surface area (Å²) < 4.78 is 0. The van der Waals surface area contributed by atoms with Crippen LogP contribution >= 0.6 is 11.6 Å². The number of para-hydroxylation sites is 2. The highest BCUT2D eigenvalue weighted by Crippen LogP contribution is 2.31. The van der Waals surface area contributed by atoms with E-state index in [9.17, 15) is 14.4 Å². The van der Waals surface area contributed by atoms with Crippen LogP contribution in [0.4, 0.5) is 11.4 Å². The van der Waals surface area contributed by atoms with Gasteiger partial charge in [-0.15, -0.1) is 0 Å². The number of halogens is 1. The number of amides is 3. The molecule has 1 atom stereocenters. The van der Waals surface area contributed by atoms with Crippen LogP contribution in [0.15, 0.2) is 48.5 Å². The third-order valence-corrected chi connectivity index (χ3v) is 4.65. The molecule has 0 saturated heterocycles. The Kier molecular flexibility index (Phi) is 5.46. The highest BCUT2D eigenvalue weighted by molar-refractivity contribution is 6.31. The summed E-state index contributed by atoms with van der Waals surface area (Å²) in [6, 6.07) is 13.4. The van der Waals surface area contributed by atoms with Gasteiger partial charge in [-0.1, -0.05) is 29.8 Å². The maximum Gasteiger partial charge on any atom is 0.254 e. The lowest BCUT2D eigenvalue weighted by Crippen LogP contribution is -2.45. The van der Waals surface area contributed by atoms with E-state index in [0.717, 1.165) is 0 Å². The monoisotopic (exact) mass is 385 g/mol. The molecule has 3 amide bonds. The highest BCUT2D eigenvalue weighted by Gasteiger charge is 2.30. The molecule has 1 aliphatic heterocycles. The molecule has 6 nitrogen and oxygen atoms in total. The number of likely N-dealkylation sites (N-methyl/N-ethyl adjacent to an activating group) is 1. The van der Waals surface area contributed by atoms with Crippen LogP contribution in [-0.2, 0) is 9.59 Å². The van der Waals surface area contributed by atoms with Gasteiger partial charge in [0.05, 0.1) is 11.4 Å². The Bertz CT molecular complexity index is 900.